The van der Waals surface area contributed by atoms with Crippen molar-refractivity contribution in [3.63, 3.8) is 0 Å². The van der Waals surface area contributed by atoms with Crippen LogP contribution in [0.4, 0.5) is 5.69 Å². The molecule has 9 heteroatoms. The Morgan fingerprint density at radius 1 is 1.24 bits per heavy atom. The Balaban J connectivity index is 1.74. The van der Waals surface area contributed by atoms with Crippen LogP contribution in [0.1, 0.15) is 12.0 Å². The van der Waals surface area contributed by atoms with Crippen LogP contribution in [-0.4, -0.2) is 35.9 Å². The van der Waals surface area contributed by atoms with Crippen LogP contribution in [0.2, 0.25) is 0 Å². The standard InChI is InChI=1S/C20H17BrN2O5S/c1-27-16-10-12(2-7-15(16)28-9-8-18(24)25)11-17-19(26)23-20(29-17)22-14-5-3-13(21)4-6-14/h2-7,10-11H,8-9H2,1H3,(H,24,25)(H,22,23,26)/b17-11+. The second-order valence-electron chi connectivity index (χ2n) is 5.86. The molecule has 0 unspecified atom stereocenters. The van der Waals surface area contributed by atoms with E-state index in [4.69, 9.17) is 14.6 Å². The van der Waals surface area contributed by atoms with Gasteiger partial charge in [0.05, 0.1) is 30.7 Å². The van der Waals surface area contributed by atoms with Crippen molar-refractivity contribution in [2.24, 2.45) is 4.99 Å². The van der Waals surface area contributed by atoms with E-state index in [0.717, 1.165) is 15.7 Å². The fourth-order valence-electron chi connectivity index (χ4n) is 2.41. The lowest BCUT2D eigenvalue weighted by molar-refractivity contribution is -0.137. The van der Waals surface area contributed by atoms with Crippen LogP contribution in [0.25, 0.3) is 6.08 Å². The third-order valence-corrected chi connectivity index (χ3v) is 5.21. The van der Waals surface area contributed by atoms with Gasteiger partial charge in [0.25, 0.3) is 5.91 Å². The van der Waals surface area contributed by atoms with E-state index >= 15 is 0 Å². The Labute approximate surface area is 179 Å². The monoisotopic (exact) mass is 476 g/mol. The van der Waals surface area contributed by atoms with Crippen molar-refractivity contribution in [2.75, 3.05) is 13.7 Å². The van der Waals surface area contributed by atoms with E-state index in [1.165, 1.54) is 18.9 Å². The van der Waals surface area contributed by atoms with E-state index in [-0.39, 0.29) is 18.9 Å². The predicted molar refractivity (Wildman–Crippen MR) is 116 cm³/mol. The summed E-state index contributed by atoms with van der Waals surface area (Å²) in [6.45, 7) is 0.0419. The number of thioether (sulfide) groups is 1. The molecule has 2 N–H and O–H groups in total. The maximum atomic E-state index is 12.3. The second kappa shape index (κ2) is 9.62. The molecule has 150 valence electrons. The van der Waals surface area contributed by atoms with E-state index < -0.39 is 5.97 Å². The third-order valence-electron chi connectivity index (χ3n) is 3.77. The summed E-state index contributed by atoms with van der Waals surface area (Å²) < 4.78 is 11.7. The van der Waals surface area contributed by atoms with E-state index in [1.807, 2.05) is 24.3 Å². The largest absolute Gasteiger partial charge is 0.493 e. The summed E-state index contributed by atoms with van der Waals surface area (Å²) in [5.41, 5.74) is 1.48. The van der Waals surface area contributed by atoms with Crippen molar-refractivity contribution in [1.29, 1.82) is 0 Å². The van der Waals surface area contributed by atoms with E-state index in [0.29, 0.717) is 21.6 Å². The number of hydrogen-bond donors (Lipinski definition) is 2. The molecule has 1 saturated heterocycles. The minimum Gasteiger partial charge on any atom is -0.493 e. The molecule has 3 rings (SSSR count). The molecule has 0 bridgehead atoms. The van der Waals surface area contributed by atoms with Crippen molar-refractivity contribution in [1.82, 2.24) is 5.32 Å². The van der Waals surface area contributed by atoms with E-state index in [9.17, 15) is 9.59 Å². The Hall–Kier alpha value is -2.78. The van der Waals surface area contributed by atoms with Gasteiger partial charge in [-0.3, -0.25) is 9.59 Å². The number of aliphatic imine (C=N–C) groups is 1. The Kier molecular flexibility index (Phi) is 6.95. The van der Waals surface area contributed by atoms with Gasteiger partial charge in [-0.2, -0.15) is 0 Å². The summed E-state index contributed by atoms with van der Waals surface area (Å²) in [6.07, 6.45) is 1.62. The fourth-order valence-corrected chi connectivity index (χ4v) is 3.51. The normalized spacial score (nSPS) is 16.1. The van der Waals surface area contributed by atoms with Crippen LogP contribution in [0, 0.1) is 0 Å². The first-order chi connectivity index (χ1) is 13.9. The number of amides is 1. The molecule has 0 atom stereocenters. The van der Waals surface area contributed by atoms with E-state index in [1.54, 1.807) is 24.3 Å². The summed E-state index contributed by atoms with van der Waals surface area (Å²) in [7, 11) is 1.50. The highest BCUT2D eigenvalue weighted by Crippen LogP contribution is 2.32. The number of ether oxygens (including phenoxy) is 2. The number of amidine groups is 1. The Bertz CT molecular complexity index is 989. The molecule has 0 aliphatic carbocycles. The van der Waals surface area contributed by atoms with Gasteiger partial charge in [-0.1, -0.05) is 22.0 Å². The molecule has 2 aromatic carbocycles. The van der Waals surface area contributed by atoms with Gasteiger partial charge in [0.1, 0.15) is 0 Å². The van der Waals surface area contributed by atoms with Crippen LogP contribution in [0.3, 0.4) is 0 Å². The average Bonchev–Trinajstić information content (AvgIpc) is 3.03. The molecule has 0 aromatic heterocycles. The van der Waals surface area contributed by atoms with Crippen LogP contribution in [0.5, 0.6) is 11.5 Å². The van der Waals surface area contributed by atoms with Crippen LogP contribution in [0.15, 0.2) is 56.8 Å². The molecule has 7 nitrogen and oxygen atoms in total. The topological polar surface area (TPSA) is 97.2 Å². The van der Waals surface area contributed by atoms with Gasteiger partial charge in [-0.05, 0) is 59.8 Å². The number of benzene rings is 2. The first-order valence-corrected chi connectivity index (χ1v) is 10.1. The fraction of sp³-hybridized carbons (Fsp3) is 0.150. The summed E-state index contributed by atoms with van der Waals surface area (Å²) in [6, 6.07) is 12.6. The lowest BCUT2D eigenvalue weighted by Gasteiger charge is -2.10. The van der Waals surface area contributed by atoms with Crippen LogP contribution in [-0.2, 0) is 9.59 Å². The smallest absolute Gasteiger partial charge is 0.306 e. The number of carboxylic acid groups (broad SMARTS) is 1. The van der Waals surface area contributed by atoms with Gasteiger partial charge in [0.2, 0.25) is 0 Å². The van der Waals surface area contributed by atoms with Crippen molar-refractivity contribution in [3.8, 4) is 11.5 Å². The molecule has 1 aliphatic heterocycles. The molecule has 1 heterocycles. The van der Waals surface area contributed by atoms with E-state index in [2.05, 4.69) is 26.2 Å². The number of methoxy groups -OCH3 is 1. The number of rotatable bonds is 7. The molecule has 0 spiro atoms. The highest BCUT2D eigenvalue weighted by Gasteiger charge is 2.24. The first-order valence-electron chi connectivity index (χ1n) is 8.52. The Morgan fingerprint density at radius 3 is 2.69 bits per heavy atom. The molecule has 0 radical (unpaired) electrons. The van der Waals surface area contributed by atoms with Gasteiger partial charge >= 0.3 is 5.97 Å². The number of nitrogens with one attached hydrogen (secondary N) is 1. The highest BCUT2D eigenvalue weighted by atomic mass is 79.9. The lowest BCUT2D eigenvalue weighted by Crippen LogP contribution is -2.19. The average molecular weight is 477 g/mol. The predicted octanol–water partition coefficient (Wildman–Crippen LogP) is 4.20. The minimum atomic E-state index is -0.935. The molecule has 1 fully saturated rings. The van der Waals surface area contributed by atoms with Crippen LogP contribution < -0.4 is 14.8 Å². The molecule has 1 aliphatic rings. The zero-order chi connectivity index (χ0) is 20.8. The number of carboxylic acids is 1. The SMILES string of the molecule is COc1cc(/C=C2/SC(=Nc3ccc(Br)cc3)NC2=O)ccc1OCCC(=O)O. The number of aliphatic carboxylic acids is 1. The number of carbonyl (C=O) groups is 2. The zero-order valence-electron chi connectivity index (χ0n) is 15.3. The molecule has 0 saturated carbocycles. The van der Waals surface area contributed by atoms with Gasteiger partial charge in [-0.25, -0.2) is 4.99 Å². The number of hydrogen-bond acceptors (Lipinski definition) is 6. The van der Waals surface area contributed by atoms with Gasteiger partial charge in [-0.15, -0.1) is 0 Å². The zero-order valence-corrected chi connectivity index (χ0v) is 17.7. The molecule has 29 heavy (non-hydrogen) atoms. The van der Waals surface area contributed by atoms with Crippen molar-refractivity contribution in [3.05, 3.63) is 57.4 Å². The maximum Gasteiger partial charge on any atom is 0.306 e. The van der Waals surface area contributed by atoms with Gasteiger partial charge in [0, 0.05) is 4.47 Å². The molecular formula is C20H17BrN2O5S. The van der Waals surface area contributed by atoms with Crippen molar-refractivity contribution in [2.45, 2.75) is 6.42 Å². The summed E-state index contributed by atoms with van der Waals surface area (Å²) in [4.78, 5) is 27.8. The Morgan fingerprint density at radius 2 is 2.00 bits per heavy atom. The summed E-state index contributed by atoms with van der Waals surface area (Å²) >= 11 is 4.62. The first kappa shape index (κ1) is 20.9. The maximum absolute atomic E-state index is 12.3. The number of carbonyl (C=O) groups excluding carboxylic acids is 1. The van der Waals surface area contributed by atoms with Crippen molar-refractivity contribution >= 4 is 56.5 Å². The van der Waals surface area contributed by atoms with Crippen molar-refractivity contribution < 1.29 is 24.2 Å². The summed E-state index contributed by atoms with van der Waals surface area (Å²) in [5.74, 6) is -0.268. The van der Waals surface area contributed by atoms with Crippen LogP contribution >= 0.6 is 27.7 Å². The molecular weight excluding hydrogens is 460 g/mol. The number of nitrogens with zero attached hydrogens (tertiary/aromatic N) is 1. The third kappa shape index (κ3) is 5.85. The molecule has 2 aromatic rings. The van der Waals surface area contributed by atoms with Gasteiger partial charge in [0.15, 0.2) is 16.7 Å². The second-order valence-corrected chi connectivity index (χ2v) is 7.81. The highest BCUT2D eigenvalue weighted by molar-refractivity contribution is 9.10. The lowest BCUT2D eigenvalue weighted by atomic mass is 10.2. The minimum absolute atomic E-state index is 0.0419. The summed E-state index contributed by atoms with van der Waals surface area (Å²) in [5, 5.41) is 12.0. The van der Waals surface area contributed by atoms with Gasteiger partial charge < -0.3 is 19.9 Å². The number of halogens is 1. The molecule has 1 amide bonds. The quantitative estimate of drug-likeness (QED) is 0.581.